The molecular weight excluding hydrogens is 220 g/mol. The topological polar surface area (TPSA) is 24.9 Å². The Morgan fingerprint density at radius 1 is 1.39 bits per heavy atom. The number of rotatable bonds is 4. The van der Waals surface area contributed by atoms with Crippen LogP contribution >= 0.6 is 0 Å². The van der Waals surface area contributed by atoms with E-state index in [9.17, 15) is 0 Å². The van der Waals surface area contributed by atoms with Crippen molar-refractivity contribution in [3.8, 4) is 0 Å². The molecule has 0 aromatic carbocycles. The van der Waals surface area contributed by atoms with Crippen molar-refractivity contribution in [3.05, 3.63) is 29.6 Å². The average molecular weight is 244 g/mol. The fraction of sp³-hybridized carbons (Fsp3) is 0.688. The lowest BCUT2D eigenvalue weighted by atomic mass is 9.81. The molecule has 2 aliphatic carbocycles. The minimum Gasteiger partial charge on any atom is -0.316 e. The van der Waals surface area contributed by atoms with Crippen molar-refractivity contribution >= 4 is 0 Å². The van der Waals surface area contributed by atoms with Gasteiger partial charge in [-0.3, -0.25) is 4.98 Å². The number of pyridine rings is 1. The van der Waals surface area contributed by atoms with Gasteiger partial charge in [-0.1, -0.05) is 12.5 Å². The molecule has 0 spiro atoms. The van der Waals surface area contributed by atoms with E-state index in [0.717, 1.165) is 24.2 Å². The highest BCUT2D eigenvalue weighted by atomic mass is 14.9. The Balaban J connectivity index is 1.72. The molecule has 98 valence electrons. The van der Waals surface area contributed by atoms with Gasteiger partial charge in [-0.2, -0.15) is 0 Å². The minimum absolute atomic E-state index is 0.619. The standard InChI is InChI=1S/C16H24N2/c1-11-4-3-7-18-15(11)10-16(17-2)14-9-12-5-6-13(14)8-12/h3-4,7,12-14,16-17H,5-6,8-10H2,1-2H3. The van der Waals surface area contributed by atoms with Crippen molar-refractivity contribution in [1.29, 1.82) is 0 Å². The number of likely N-dealkylation sites (N-methyl/N-ethyl adjacent to an activating group) is 1. The number of aromatic nitrogens is 1. The van der Waals surface area contributed by atoms with Gasteiger partial charge in [0.25, 0.3) is 0 Å². The van der Waals surface area contributed by atoms with Crippen LogP contribution in [0.25, 0.3) is 0 Å². The molecule has 4 atom stereocenters. The van der Waals surface area contributed by atoms with Crippen molar-refractivity contribution in [1.82, 2.24) is 10.3 Å². The van der Waals surface area contributed by atoms with Crippen LogP contribution in [0.3, 0.4) is 0 Å². The van der Waals surface area contributed by atoms with E-state index < -0.39 is 0 Å². The first-order valence-corrected chi connectivity index (χ1v) is 7.35. The molecule has 1 N–H and O–H groups in total. The van der Waals surface area contributed by atoms with Crippen LogP contribution in [-0.4, -0.2) is 18.1 Å². The van der Waals surface area contributed by atoms with Gasteiger partial charge in [-0.15, -0.1) is 0 Å². The van der Waals surface area contributed by atoms with Crippen LogP contribution in [0.4, 0.5) is 0 Å². The molecule has 0 aliphatic heterocycles. The summed E-state index contributed by atoms with van der Waals surface area (Å²) < 4.78 is 0. The molecule has 0 saturated heterocycles. The largest absolute Gasteiger partial charge is 0.316 e. The summed E-state index contributed by atoms with van der Waals surface area (Å²) in [5.41, 5.74) is 2.61. The Morgan fingerprint density at radius 2 is 2.28 bits per heavy atom. The maximum absolute atomic E-state index is 4.56. The van der Waals surface area contributed by atoms with Crippen LogP contribution in [0.15, 0.2) is 18.3 Å². The van der Waals surface area contributed by atoms with Gasteiger partial charge in [0, 0.05) is 24.4 Å². The normalized spacial score (nSPS) is 31.8. The lowest BCUT2D eigenvalue weighted by Crippen LogP contribution is -2.38. The van der Waals surface area contributed by atoms with Gasteiger partial charge in [0.15, 0.2) is 0 Å². The maximum atomic E-state index is 4.56. The zero-order valence-electron chi connectivity index (χ0n) is 11.5. The maximum Gasteiger partial charge on any atom is 0.0448 e. The third kappa shape index (κ3) is 2.18. The van der Waals surface area contributed by atoms with Crippen molar-refractivity contribution in [2.24, 2.45) is 17.8 Å². The van der Waals surface area contributed by atoms with Gasteiger partial charge in [0.1, 0.15) is 0 Å². The van der Waals surface area contributed by atoms with Crippen molar-refractivity contribution in [2.75, 3.05) is 7.05 Å². The van der Waals surface area contributed by atoms with Crippen LogP contribution in [0.1, 0.15) is 36.9 Å². The van der Waals surface area contributed by atoms with Gasteiger partial charge in [0.2, 0.25) is 0 Å². The summed E-state index contributed by atoms with van der Waals surface area (Å²) in [7, 11) is 2.12. The Labute approximate surface area is 110 Å². The molecule has 0 amide bonds. The molecule has 4 unspecified atom stereocenters. The quantitative estimate of drug-likeness (QED) is 0.881. The number of aryl methyl sites for hydroxylation is 1. The monoisotopic (exact) mass is 244 g/mol. The smallest absolute Gasteiger partial charge is 0.0448 e. The van der Waals surface area contributed by atoms with Crippen LogP contribution in [0.5, 0.6) is 0 Å². The first-order chi connectivity index (χ1) is 8.78. The lowest BCUT2D eigenvalue weighted by molar-refractivity contribution is 0.254. The van der Waals surface area contributed by atoms with E-state index >= 15 is 0 Å². The second-order valence-corrected chi connectivity index (χ2v) is 6.21. The molecule has 1 aromatic heterocycles. The van der Waals surface area contributed by atoms with Gasteiger partial charge in [0.05, 0.1) is 0 Å². The molecule has 2 heteroatoms. The van der Waals surface area contributed by atoms with Gasteiger partial charge in [-0.05, 0) is 62.6 Å². The van der Waals surface area contributed by atoms with E-state index in [2.05, 4.69) is 30.3 Å². The van der Waals surface area contributed by atoms with Gasteiger partial charge >= 0.3 is 0 Å². The number of hydrogen-bond acceptors (Lipinski definition) is 2. The lowest BCUT2D eigenvalue weighted by Gasteiger charge is -2.30. The first kappa shape index (κ1) is 12.2. The molecule has 1 heterocycles. The van der Waals surface area contributed by atoms with Crippen LogP contribution in [-0.2, 0) is 6.42 Å². The van der Waals surface area contributed by atoms with E-state index in [1.807, 2.05) is 12.3 Å². The summed E-state index contributed by atoms with van der Waals surface area (Å²) in [4.78, 5) is 4.56. The average Bonchev–Trinajstić information content (AvgIpc) is 3.00. The number of nitrogens with zero attached hydrogens (tertiary/aromatic N) is 1. The van der Waals surface area contributed by atoms with Crippen molar-refractivity contribution in [2.45, 2.75) is 45.1 Å². The van der Waals surface area contributed by atoms with Crippen LogP contribution in [0, 0.1) is 24.7 Å². The highest BCUT2D eigenvalue weighted by Crippen LogP contribution is 2.49. The molecule has 18 heavy (non-hydrogen) atoms. The molecule has 2 saturated carbocycles. The van der Waals surface area contributed by atoms with Crippen LogP contribution in [0.2, 0.25) is 0 Å². The summed E-state index contributed by atoms with van der Waals surface area (Å²) in [6, 6.07) is 4.83. The summed E-state index contributed by atoms with van der Waals surface area (Å²) >= 11 is 0. The Hall–Kier alpha value is -0.890. The van der Waals surface area contributed by atoms with E-state index in [1.165, 1.54) is 36.9 Å². The van der Waals surface area contributed by atoms with Crippen molar-refractivity contribution in [3.63, 3.8) is 0 Å². The summed E-state index contributed by atoms with van der Waals surface area (Å²) in [5.74, 6) is 2.90. The van der Waals surface area contributed by atoms with Crippen molar-refractivity contribution < 1.29 is 0 Å². The molecular formula is C16H24N2. The third-order valence-corrected chi connectivity index (χ3v) is 5.21. The molecule has 3 rings (SSSR count). The molecule has 2 aliphatic rings. The molecule has 2 nitrogen and oxygen atoms in total. The highest BCUT2D eigenvalue weighted by molar-refractivity contribution is 5.19. The molecule has 2 bridgehead atoms. The van der Waals surface area contributed by atoms with E-state index in [-0.39, 0.29) is 0 Å². The Bertz CT molecular complexity index is 415. The number of fused-ring (bicyclic) bond motifs is 2. The van der Waals surface area contributed by atoms with E-state index in [4.69, 9.17) is 0 Å². The molecule has 1 aromatic rings. The Morgan fingerprint density at radius 3 is 2.89 bits per heavy atom. The second-order valence-electron chi connectivity index (χ2n) is 6.21. The van der Waals surface area contributed by atoms with Gasteiger partial charge in [-0.25, -0.2) is 0 Å². The first-order valence-electron chi connectivity index (χ1n) is 7.35. The minimum atomic E-state index is 0.619. The van der Waals surface area contributed by atoms with E-state index in [1.54, 1.807) is 0 Å². The summed E-state index contributed by atoms with van der Waals surface area (Å²) in [6.07, 6.45) is 8.91. The molecule has 2 fully saturated rings. The predicted molar refractivity (Wildman–Crippen MR) is 74.5 cm³/mol. The zero-order chi connectivity index (χ0) is 12.5. The van der Waals surface area contributed by atoms with Gasteiger partial charge < -0.3 is 5.32 Å². The fourth-order valence-corrected chi connectivity index (χ4v) is 4.19. The second kappa shape index (κ2) is 5.00. The zero-order valence-corrected chi connectivity index (χ0v) is 11.5. The fourth-order valence-electron chi connectivity index (χ4n) is 4.19. The predicted octanol–water partition coefficient (Wildman–Crippen LogP) is 2.96. The summed E-state index contributed by atoms with van der Waals surface area (Å²) in [6.45, 7) is 2.18. The number of nitrogens with one attached hydrogen (secondary N) is 1. The highest BCUT2D eigenvalue weighted by Gasteiger charge is 2.42. The number of hydrogen-bond donors (Lipinski definition) is 1. The van der Waals surface area contributed by atoms with Crippen LogP contribution < -0.4 is 5.32 Å². The summed E-state index contributed by atoms with van der Waals surface area (Å²) in [5, 5.41) is 3.56. The Kier molecular flexibility index (Phi) is 3.38. The SMILES string of the molecule is CNC(Cc1ncccc1C)C1CC2CCC1C2. The molecule has 0 radical (unpaired) electrons. The third-order valence-electron chi connectivity index (χ3n) is 5.21. The van der Waals surface area contributed by atoms with E-state index in [0.29, 0.717) is 6.04 Å².